The number of amides is 1. The fourth-order valence-electron chi connectivity index (χ4n) is 3.61. The van der Waals surface area contributed by atoms with Crippen molar-refractivity contribution in [1.82, 2.24) is 4.31 Å². The first-order valence-electron chi connectivity index (χ1n) is 9.61. The lowest BCUT2D eigenvalue weighted by Gasteiger charge is -2.23. The smallest absolute Gasteiger partial charge is 0.265 e. The number of anilines is 1. The summed E-state index contributed by atoms with van der Waals surface area (Å²) in [4.78, 5) is 14.7. The van der Waals surface area contributed by atoms with Gasteiger partial charge in [-0.15, -0.1) is 0 Å². The van der Waals surface area contributed by atoms with Gasteiger partial charge in [0.05, 0.1) is 4.90 Å². The molecule has 0 N–H and O–H groups in total. The zero-order valence-electron chi connectivity index (χ0n) is 16.8. The number of nitrogens with zero attached hydrogens (tertiary/aromatic N) is 2. The van der Waals surface area contributed by atoms with E-state index in [1.165, 1.54) is 16.4 Å². The number of rotatable bonds is 7. The van der Waals surface area contributed by atoms with Crippen LogP contribution in [0.25, 0.3) is 0 Å². The second-order valence-electron chi connectivity index (χ2n) is 6.94. The van der Waals surface area contributed by atoms with Crippen LogP contribution in [-0.4, -0.2) is 44.4 Å². The van der Waals surface area contributed by atoms with Crippen LogP contribution in [0.5, 0.6) is 5.75 Å². The van der Waals surface area contributed by atoms with Crippen LogP contribution in [0.3, 0.4) is 0 Å². The highest BCUT2D eigenvalue weighted by molar-refractivity contribution is 9.10. The van der Waals surface area contributed by atoms with Crippen LogP contribution in [-0.2, 0) is 21.2 Å². The standard InChI is InChI=1S/C21H25BrN2O4S/c1-4-23(5-2)29(26,27)19-9-7-18(8-10-19)28-14-21(25)24-15(3)12-16-13-17(22)6-11-20(16)24/h6-11,13,15H,4-5,12,14H2,1-3H3/t15-/m0/s1. The quantitative estimate of drug-likeness (QED) is 0.603. The van der Waals surface area contributed by atoms with E-state index in [4.69, 9.17) is 4.74 Å². The number of halogens is 1. The number of hydrogen-bond acceptors (Lipinski definition) is 4. The minimum Gasteiger partial charge on any atom is -0.484 e. The summed E-state index contributed by atoms with van der Waals surface area (Å²) in [7, 11) is -3.51. The minimum absolute atomic E-state index is 0.0667. The highest BCUT2D eigenvalue weighted by Gasteiger charge is 2.31. The Labute approximate surface area is 180 Å². The van der Waals surface area contributed by atoms with Crippen molar-refractivity contribution in [3.05, 3.63) is 52.5 Å². The SMILES string of the molecule is CCN(CC)S(=O)(=O)c1ccc(OCC(=O)N2c3ccc(Br)cc3C[C@@H]2C)cc1. The molecule has 0 aromatic heterocycles. The van der Waals surface area contributed by atoms with Gasteiger partial charge in [-0.2, -0.15) is 4.31 Å². The summed E-state index contributed by atoms with van der Waals surface area (Å²) >= 11 is 3.47. The predicted molar refractivity (Wildman–Crippen MR) is 117 cm³/mol. The number of carbonyl (C=O) groups excluding carboxylic acids is 1. The lowest BCUT2D eigenvalue weighted by molar-refractivity contribution is -0.120. The topological polar surface area (TPSA) is 66.9 Å². The number of benzene rings is 2. The summed E-state index contributed by atoms with van der Waals surface area (Å²) in [5.41, 5.74) is 2.04. The monoisotopic (exact) mass is 480 g/mol. The van der Waals surface area contributed by atoms with Gasteiger partial charge in [-0.05, 0) is 61.4 Å². The van der Waals surface area contributed by atoms with Gasteiger partial charge in [-0.3, -0.25) is 4.79 Å². The van der Waals surface area contributed by atoms with Gasteiger partial charge in [0.2, 0.25) is 10.0 Å². The first-order chi connectivity index (χ1) is 13.8. The van der Waals surface area contributed by atoms with Crippen LogP contribution >= 0.6 is 15.9 Å². The third-order valence-corrected chi connectivity index (χ3v) is 7.61. The zero-order valence-corrected chi connectivity index (χ0v) is 19.2. The fraction of sp³-hybridized carbons (Fsp3) is 0.381. The van der Waals surface area contributed by atoms with Gasteiger partial charge in [0.25, 0.3) is 5.91 Å². The normalized spacial score (nSPS) is 16.2. The molecule has 2 aromatic rings. The van der Waals surface area contributed by atoms with Gasteiger partial charge in [0.1, 0.15) is 5.75 Å². The van der Waals surface area contributed by atoms with Crippen molar-refractivity contribution >= 4 is 37.5 Å². The molecule has 1 aliphatic heterocycles. The van der Waals surface area contributed by atoms with E-state index in [2.05, 4.69) is 15.9 Å². The van der Waals surface area contributed by atoms with Gasteiger partial charge in [0, 0.05) is 29.3 Å². The number of ether oxygens (including phenoxy) is 1. The molecule has 1 heterocycles. The first kappa shape index (κ1) is 21.8. The summed E-state index contributed by atoms with van der Waals surface area (Å²) in [5.74, 6) is 0.332. The van der Waals surface area contributed by atoms with Crippen LogP contribution in [0.4, 0.5) is 5.69 Å². The Kier molecular flexibility index (Phi) is 6.65. The van der Waals surface area contributed by atoms with Crippen LogP contribution < -0.4 is 9.64 Å². The van der Waals surface area contributed by atoms with E-state index in [0.717, 1.165) is 22.1 Å². The van der Waals surface area contributed by atoms with E-state index < -0.39 is 10.0 Å². The van der Waals surface area contributed by atoms with Crippen molar-refractivity contribution < 1.29 is 17.9 Å². The zero-order chi connectivity index (χ0) is 21.2. The molecular weight excluding hydrogens is 456 g/mol. The molecule has 0 bridgehead atoms. The van der Waals surface area contributed by atoms with Crippen LogP contribution in [0.2, 0.25) is 0 Å². The van der Waals surface area contributed by atoms with Crippen LogP contribution in [0.15, 0.2) is 51.8 Å². The largest absolute Gasteiger partial charge is 0.484 e. The molecule has 0 radical (unpaired) electrons. The van der Waals surface area contributed by atoms with Crippen molar-refractivity contribution in [3.8, 4) is 5.75 Å². The van der Waals surface area contributed by atoms with E-state index in [1.807, 2.05) is 25.1 Å². The van der Waals surface area contributed by atoms with E-state index in [9.17, 15) is 13.2 Å². The molecule has 0 spiro atoms. The molecule has 2 aromatic carbocycles. The molecule has 0 aliphatic carbocycles. The molecule has 29 heavy (non-hydrogen) atoms. The Hall–Kier alpha value is -1.90. The van der Waals surface area contributed by atoms with Crippen LogP contribution in [0.1, 0.15) is 26.3 Å². The predicted octanol–water partition coefficient (Wildman–Crippen LogP) is 3.84. The Morgan fingerprint density at radius 3 is 2.45 bits per heavy atom. The summed E-state index contributed by atoms with van der Waals surface area (Å²) in [6, 6.07) is 12.2. The molecule has 1 atom stereocenters. The van der Waals surface area contributed by atoms with Crippen molar-refractivity contribution in [2.24, 2.45) is 0 Å². The van der Waals surface area contributed by atoms with Crippen molar-refractivity contribution in [2.45, 2.75) is 38.1 Å². The molecule has 1 amide bonds. The summed E-state index contributed by atoms with van der Waals surface area (Å²) < 4.78 is 33.1. The second-order valence-corrected chi connectivity index (χ2v) is 9.79. The average Bonchev–Trinajstić information content (AvgIpc) is 3.02. The maximum atomic E-state index is 12.8. The van der Waals surface area contributed by atoms with Gasteiger partial charge < -0.3 is 9.64 Å². The van der Waals surface area contributed by atoms with E-state index in [0.29, 0.717) is 18.8 Å². The number of fused-ring (bicyclic) bond motifs is 1. The first-order valence-corrected chi connectivity index (χ1v) is 11.8. The van der Waals surface area contributed by atoms with E-state index >= 15 is 0 Å². The Morgan fingerprint density at radius 2 is 1.83 bits per heavy atom. The number of carbonyl (C=O) groups is 1. The molecule has 3 rings (SSSR count). The fourth-order valence-corrected chi connectivity index (χ4v) is 5.48. The average molecular weight is 481 g/mol. The molecule has 0 unspecified atom stereocenters. The number of hydrogen-bond donors (Lipinski definition) is 0. The minimum atomic E-state index is -3.51. The van der Waals surface area contributed by atoms with Gasteiger partial charge in [-0.1, -0.05) is 29.8 Å². The Morgan fingerprint density at radius 1 is 1.17 bits per heavy atom. The molecular formula is C21H25BrN2O4S. The maximum Gasteiger partial charge on any atom is 0.265 e. The molecule has 156 valence electrons. The molecule has 8 heteroatoms. The highest BCUT2D eigenvalue weighted by Crippen LogP contribution is 2.34. The van der Waals surface area contributed by atoms with Gasteiger partial charge in [0.15, 0.2) is 6.61 Å². The number of sulfonamides is 1. The van der Waals surface area contributed by atoms with E-state index in [1.54, 1.807) is 30.9 Å². The Bertz CT molecular complexity index is 988. The van der Waals surface area contributed by atoms with Crippen LogP contribution in [0, 0.1) is 0 Å². The molecule has 0 saturated heterocycles. The highest BCUT2D eigenvalue weighted by atomic mass is 79.9. The van der Waals surface area contributed by atoms with Crippen molar-refractivity contribution in [2.75, 3.05) is 24.6 Å². The van der Waals surface area contributed by atoms with Crippen molar-refractivity contribution in [1.29, 1.82) is 0 Å². The third-order valence-electron chi connectivity index (χ3n) is 5.06. The third kappa shape index (κ3) is 4.49. The second kappa shape index (κ2) is 8.85. The van der Waals surface area contributed by atoms with Gasteiger partial charge in [-0.25, -0.2) is 8.42 Å². The Balaban J connectivity index is 1.67. The maximum absolute atomic E-state index is 12.8. The molecule has 0 saturated carbocycles. The lowest BCUT2D eigenvalue weighted by atomic mass is 10.1. The molecule has 0 fully saturated rings. The molecule has 6 nitrogen and oxygen atoms in total. The van der Waals surface area contributed by atoms with Crippen molar-refractivity contribution in [3.63, 3.8) is 0 Å². The summed E-state index contributed by atoms with van der Waals surface area (Å²) in [5, 5.41) is 0. The summed E-state index contributed by atoms with van der Waals surface area (Å²) in [6.07, 6.45) is 0.804. The molecule has 1 aliphatic rings. The lowest BCUT2D eigenvalue weighted by Crippen LogP contribution is -2.39. The summed E-state index contributed by atoms with van der Waals surface area (Å²) in [6.45, 7) is 6.34. The van der Waals surface area contributed by atoms with Gasteiger partial charge >= 0.3 is 0 Å². The van der Waals surface area contributed by atoms with E-state index in [-0.39, 0.29) is 23.5 Å².